The van der Waals surface area contributed by atoms with Crippen LogP contribution in [-0.4, -0.2) is 38.0 Å². The van der Waals surface area contributed by atoms with Crippen molar-refractivity contribution in [2.24, 2.45) is 0 Å². The quantitative estimate of drug-likeness (QED) is 0.543. The fraction of sp³-hybridized carbons (Fsp3) is 0.474. The average Bonchev–Trinajstić information content (AvgIpc) is 3.30. The van der Waals surface area contributed by atoms with Gasteiger partial charge in [-0.1, -0.05) is 40.7 Å². The molecule has 0 atom stereocenters. The zero-order valence-electron chi connectivity index (χ0n) is 15.4. The molecule has 0 bridgehead atoms. The van der Waals surface area contributed by atoms with E-state index in [-0.39, 0.29) is 0 Å². The predicted octanol–water partition coefficient (Wildman–Crippen LogP) is 4.60. The van der Waals surface area contributed by atoms with E-state index in [1.54, 1.807) is 11.8 Å². The molecule has 9 heteroatoms. The van der Waals surface area contributed by atoms with Gasteiger partial charge in [-0.25, -0.2) is 0 Å². The van der Waals surface area contributed by atoms with Crippen LogP contribution in [0.5, 0.6) is 0 Å². The molecule has 0 amide bonds. The van der Waals surface area contributed by atoms with Crippen LogP contribution in [0.1, 0.15) is 44.0 Å². The third kappa shape index (κ3) is 3.63. The second-order valence-electron chi connectivity index (χ2n) is 7.21. The molecule has 3 aromatic rings. The summed E-state index contributed by atoms with van der Waals surface area (Å²) in [5, 5.41) is 14.6. The Labute approximate surface area is 172 Å². The van der Waals surface area contributed by atoms with Crippen molar-refractivity contribution in [2.75, 3.05) is 18.0 Å². The van der Waals surface area contributed by atoms with Gasteiger partial charge in [-0.15, -0.1) is 10.2 Å². The lowest BCUT2D eigenvalue weighted by Gasteiger charge is -2.27. The molecule has 146 valence electrons. The van der Waals surface area contributed by atoms with Crippen LogP contribution >= 0.6 is 23.4 Å². The average molecular weight is 417 g/mol. The minimum Gasteiger partial charge on any atom is -0.341 e. The maximum atomic E-state index is 6.23. The molecule has 3 heterocycles. The van der Waals surface area contributed by atoms with E-state index in [9.17, 15) is 0 Å². The summed E-state index contributed by atoms with van der Waals surface area (Å²) in [5.41, 5.74) is 0.776. The van der Waals surface area contributed by atoms with Crippen molar-refractivity contribution in [3.05, 3.63) is 35.2 Å². The third-order valence-corrected chi connectivity index (χ3v) is 6.36. The zero-order chi connectivity index (χ0) is 18.9. The Morgan fingerprint density at radius 3 is 2.71 bits per heavy atom. The molecule has 0 radical (unpaired) electrons. The Hall–Kier alpha value is -2.06. The van der Waals surface area contributed by atoms with E-state index < -0.39 is 0 Å². The van der Waals surface area contributed by atoms with E-state index in [1.165, 1.54) is 32.1 Å². The number of rotatable bonds is 6. The maximum absolute atomic E-state index is 6.23. The zero-order valence-corrected chi connectivity index (χ0v) is 17.0. The molecule has 2 aromatic heterocycles. The number of piperidine rings is 1. The first-order valence-electron chi connectivity index (χ1n) is 9.70. The first-order valence-corrected chi connectivity index (χ1v) is 11.1. The van der Waals surface area contributed by atoms with Gasteiger partial charge in [0.05, 0.1) is 10.8 Å². The van der Waals surface area contributed by atoms with Crippen LogP contribution in [0.2, 0.25) is 5.02 Å². The van der Waals surface area contributed by atoms with Gasteiger partial charge < -0.3 is 9.42 Å². The van der Waals surface area contributed by atoms with E-state index >= 15 is 0 Å². The molecule has 1 aliphatic heterocycles. The SMILES string of the molecule is Clc1ccccc1-c1noc(CSc2nnc(N3CCCCC3)n2C2CC2)n1. The summed E-state index contributed by atoms with van der Waals surface area (Å²) in [5.74, 6) is 2.65. The van der Waals surface area contributed by atoms with Crippen molar-refractivity contribution < 1.29 is 4.52 Å². The van der Waals surface area contributed by atoms with Crippen LogP contribution in [0.15, 0.2) is 33.9 Å². The van der Waals surface area contributed by atoms with Crippen molar-refractivity contribution in [3.8, 4) is 11.4 Å². The van der Waals surface area contributed by atoms with Crippen LogP contribution in [0.3, 0.4) is 0 Å². The van der Waals surface area contributed by atoms with Gasteiger partial charge in [0.2, 0.25) is 17.7 Å². The number of halogens is 1. The maximum Gasteiger partial charge on any atom is 0.237 e. The number of aromatic nitrogens is 5. The van der Waals surface area contributed by atoms with Gasteiger partial charge in [0.25, 0.3) is 0 Å². The summed E-state index contributed by atoms with van der Waals surface area (Å²) in [4.78, 5) is 6.87. The predicted molar refractivity (Wildman–Crippen MR) is 109 cm³/mol. The molecule has 1 aromatic carbocycles. The van der Waals surface area contributed by atoms with Gasteiger partial charge in [0, 0.05) is 24.7 Å². The number of anilines is 1. The number of benzene rings is 1. The molecule has 1 saturated heterocycles. The van der Waals surface area contributed by atoms with E-state index in [2.05, 4.69) is 29.8 Å². The largest absolute Gasteiger partial charge is 0.341 e. The van der Waals surface area contributed by atoms with Crippen molar-refractivity contribution in [1.29, 1.82) is 0 Å². The minimum absolute atomic E-state index is 0.513. The molecule has 2 fully saturated rings. The van der Waals surface area contributed by atoms with Crippen molar-refractivity contribution in [2.45, 2.75) is 49.1 Å². The highest BCUT2D eigenvalue weighted by atomic mass is 35.5. The van der Waals surface area contributed by atoms with Crippen molar-refractivity contribution >= 4 is 29.3 Å². The summed E-state index contributed by atoms with van der Waals surface area (Å²) in [7, 11) is 0. The Kier molecular flexibility index (Phi) is 4.98. The first-order chi connectivity index (χ1) is 13.8. The van der Waals surface area contributed by atoms with Crippen molar-refractivity contribution in [3.63, 3.8) is 0 Å². The molecule has 7 nitrogen and oxygen atoms in total. The molecule has 0 spiro atoms. The highest BCUT2D eigenvalue weighted by molar-refractivity contribution is 7.98. The Morgan fingerprint density at radius 2 is 1.93 bits per heavy atom. The number of thioether (sulfide) groups is 1. The fourth-order valence-electron chi connectivity index (χ4n) is 3.52. The molecule has 5 rings (SSSR count). The summed E-state index contributed by atoms with van der Waals surface area (Å²) >= 11 is 7.83. The standard InChI is InChI=1S/C19H21ClN6OS/c20-15-7-3-2-6-14(15)17-21-16(27-24-17)12-28-19-23-22-18(26(19)13-8-9-13)25-10-4-1-5-11-25/h2-3,6-7,13H,1,4-5,8-12H2. The number of hydrogen-bond donors (Lipinski definition) is 0. The molecule has 1 saturated carbocycles. The van der Waals surface area contributed by atoms with Gasteiger partial charge in [0.1, 0.15) is 0 Å². The van der Waals surface area contributed by atoms with E-state index in [4.69, 9.17) is 16.1 Å². The molecule has 28 heavy (non-hydrogen) atoms. The summed E-state index contributed by atoms with van der Waals surface area (Å²) in [6.07, 6.45) is 6.16. The topological polar surface area (TPSA) is 72.9 Å². The van der Waals surface area contributed by atoms with Crippen LogP contribution in [-0.2, 0) is 5.75 Å². The second kappa shape index (κ2) is 7.75. The molecular weight excluding hydrogens is 396 g/mol. The number of nitrogens with zero attached hydrogens (tertiary/aromatic N) is 6. The second-order valence-corrected chi connectivity index (χ2v) is 8.56. The van der Waals surface area contributed by atoms with Crippen LogP contribution in [0, 0.1) is 0 Å². The Bertz CT molecular complexity index is 963. The van der Waals surface area contributed by atoms with E-state index in [0.717, 1.165) is 29.8 Å². The molecule has 0 N–H and O–H groups in total. The molecule has 2 aliphatic rings. The monoisotopic (exact) mass is 416 g/mol. The van der Waals surface area contributed by atoms with Gasteiger partial charge in [-0.05, 0) is 44.2 Å². The summed E-state index contributed by atoms with van der Waals surface area (Å²) in [6, 6.07) is 8.02. The molecule has 0 unspecified atom stereocenters. The lowest BCUT2D eigenvalue weighted by atomic mass is 10.1. The van der Waals surface area contributed by atoms with Gasteiger partial charge in [-0.2, -0.15) is 4.98 Å². The highest BCUT2D eigenvalue weighted by Gasteiger charge is 2.32. The van der Waals surface area contributed by atoms with Gasteiger partial charge >= 0.3 is 0 Å². The van der Waals surface area contributed by atoms with E-state index in [0.29, 0.717) is 28.5 Å². The van der Waals surface area contributed by atoms with Crippen LogP contribution < -0.4 is 4.90 Å². The van der Waals surface area contributed by atoms with Crippen LogP contribution in [0.4, 0.5) is 5.95 Å². The Balaban J connectivity index is 1.32. The lowest BCUT2D eigenvalue weighted by molar-refractivity contribution is 0.391. The van der Waals surface area contributed by atoms with Crippen molar-refractivity contribution in [1.82, 2.24) is 24.9 Å². The van der Waals surface area contributed by atoms with Gasteiger partial charge in [0.15, 0.2) is 5.16 Å². The fourth-order valence-corrected chi connectivity index (χ4v) is 4.58. The Morgan fingerprint density at radius 1 is 1.11 bits per heavy atom. The summed E-state index contributed by atoms with van der Waals surface area (Å²) in [6.45, 7) is 2.14. The molecular formula is C19H21ClN6OS. The molecule has 1 aliphatic carbocycles. The number of hydrogen-bond acceptors (Lipinski definition) is 7. The van der Waals surface area contributed by atoms with Crippen LogP contribution in [0.25, 0.3) is 11.4 Å². The van der Waals surface area contributed by atoms with E-state index in [1.807, 2.05) is 24.3 Å². The smallest absolute Gasteiger partial charge is 0.237 e. The minimum atomic E-state index is 0.513. The normalized spacial score (nSPS) is 17.2. The summed E-state index contributed by atoms with van der Waals surface area (Å²) < 4.78 is 7.73. The highest BCUT2D eigenvalue weighted by Crippen LogP contribution is 2.41. The lowest BCUT2D eigenvalue weighted by Crippen LogP contribution is -2.31. The van der Waals surface area contributed by atoms with Gasteiger partial charge in [-0.3, -0.25) is 4.57 Å². The first kappa shape index (κ1) is 18.0. The third-order valence-electron chi connectivity index (χ3n) is 5.11.